The summed E-state index contributed by atoms with van der Waals surface area (Å²) >= 11 is 0. The molecule has 0 spiro atoms. The highest BCUT2D eigenvalue weighted by molar-refractivity contribution is 5.96. The van der Waals surface area contributed by atoms with E-state index in [0.717, 1.165) is 12.1 Å². The van der Waals surface area contributed by atoms with Gasteiger partial charge in [0.2, 0.25) is 0 Å². The summed E-state index contributed by atoms with van der Waals surface area (Å²) < 4.78 is 43.8. The lowest BCUT2D eigenvalue weighted by Gasteiger charge is -2.16. The maximum absolute atomic E-state index is 12.9. The Kier molecular flexibility index (Phi) is 6.59. The Morgan fingerprint density at radius 1 is 1.12 bits per heavy atom. The molecule has 0 saturated heterocycles. The van der Waals surface area contributed by atoms with Crippen LogP contribution >= 0.6 is 0 Å². The van der Waals surface area contributed by atoms with E-state index in [-0.39, 0.29) is 36.8 Å². The van der Waals surface area contributed by atoms with Crippen molar-refractivity contribution in [1.29, 1.82) is 0 Å². The predicted molar refractivity (Wildman–Crippen MR) is 89.7 cm³/mol. The SMILES string of the molecule is O=C(O)c1cccc(CCOCCO)c1Nc1cccc(C(F)(F)F)c1. The van der Waals surface area contributed by atoms with Crippen LogP contribution in [0.4, 0.5) is 24.5 Å². The largest absolute Gasteiger partial charge is 0.478 e. The first kappa shape index (κ1) is 19.7. The Bertz CT molecular complexity index is 762. The Hall–Kier alpha value is -2.58. The molecule has 2 aromatic rings. The summed E-state index contributed by atoms with van der Waals surface area (Å²) in [5.41, 5.74) is 0.0448. The standard InChI is InChI=1S/C18H18F3NO4/c19-18(20,21)13-4-2-5-14(11-13)22-16-12(7-9-26-10-8-23)3-1-6-15(16)17(24)25/h1-6,11,22-23H,7-10H2,(H,24,25). The van der Waals surface area contributed by atoms with Gasteiger partial charge in [0.1, 0.15) is 0 Å². The van der Waals surface area contributed by atoms with Crippen molar-refractivity contribution in [2.75, 3.05) is 25.1 Å². The quantitative estimate of drug-likeness (QED) is 0.619. The molecule has 0 saturated carbocycles. The highest BCUT2D eigenvalue weighted by Crippen LogP contribution is 2.32. The fourth-order valence-corrected chi connectivity index (χ4v) is 2.40. The van der Waals surface area contributed by atoms with E-state index < -0.39 is 17.7 Å². The number of halogens is 3. The van der Waals surface area contributed by atoms with Crippen LogP contribution in [0, 0.1) is 0 Å². The van der Waals surface area contributed by atoms with Crippen LogP contribution in [0.2, 0.25) is 0 Å². The number of hydrogen-bond donors (Lipinski definition) is 3. The van der Waals surface area contributed by atoms with Gasteiger partial charge in [-0.2, -0.15) is 13.2 Å². The van der Waals surface area contributed by atoms with Crippen molar-refractivity contribution in [3.8, 4) is 0 Å². The number of aromatic carboxylic acids is 1. The maximum atomic E-state index is 12.9. The third kappa shape index (κ3) is 5.21. The molecule has 0 aromatic heterocycles. The van der Waals surface area contributed by atoms with Gasteiger partial charge < -0.3 is 20.3 Å². The molecule has 2 aromatic carbocycles. The Balaban J connectivity index is 2.33. The van der Waals surface area contributed by atoms with Crippen molar-refractivity contribution in [2.45, 2.75) is 12.6 Å². The highest BCUT2D eigenvalue weighted by atomic mass is 19.4. The summed E-state index contributed by atoms with van der Waals surface area (Å²) in [5.74, 6) is -1.20. The number of benzene rings is 2. The molecule has 5 nitrogen and oxygen atoms in total. The second-order valence-electron chi connectivity index (χ2n) is 5.43. The number of aliphatic hydroxyl groups is 1. The van der Waals surface area contributed by atoms with Gasteiger partial charge in [-0.3, -0.25) is 0 Å². The summed E-state index contributed by atoms with van der Waals surface area (Å²) in [6, 6.07) is 9.14. The van der Waals surface area contributed by atoms with Gasteiger partial charge >= 0.3 is 12.1 Å². The third-order valence-electron chi connectivity index (χ3n) is 3.59. The first-order valence-electron chi connectivity index (χ1n) is 7.81. The molecule has 0 fully saturated rings. The summed E-state index contributed by atoms with van der Waals surface area (Å²) in [4.78, 5) is 11.5. The fraction of sp³-hybridized carbons (Fsp3) is 0.278. The minimum atomic E-state index is -4.50. The van der Waals surface area contributed by atoms with Crippen LogP contribution in [-0.2, 0) is 17.3 Å². The molecule has 26 heavy (non-hydrogen) atoms. The predicted octanol–water partition coefficient (Wildman–Crippen LogP) is 3.70. The molecule has 140 valence electrons. The molecule has 0 aliphatic heterocycles. The van der Waals surface area contributed by atoms with Crippen molar-refractivity contribution in [3.05, 3.63) is 59.2 Å². The van der Waals surface area contributed by atoms with E-state index in [2.05, 4.69) is 5.32 Å². The van der Waals surface area contributed by atoms with Gasteiger partial charge in [-0.05, 0) is 36.2 Å². The molecule has 0 heterocycles. The number of nitrogens with one attached hydrogen (secondary N) is 1. The number of aliphatic hydroxyl groups excluding tert-OH is 1. The summed E-state index contributed by atoms with van der Waals surface area (Å²) in [7, 11) is 0. The van der Waals surface area contributed by atoms with E-state index in [0.29, 0.717) is 12.0 Å². The van der Waals surface area contributed by atoms with Gasteiger partial charge in [0.15, 0.2) is 0 Å². The third-order valence-corrected chi connectivity index (χ3v) is 3.59. The molecular formula is C18H18F3NO4. The molecule has 0 bridgehead atoms. The van der Waals surface area contributed by atoms with Gasteiger partial charge in [-0.1, -0.05) is 18.2 Å². The van der Waals surface area contributed by atoms with Gasteiger partial charge in [0.25, 0.3) is 0 Å². The van der Waals surface area contributed by atoms with E-state index in [4.69, 9.17) is 9.84 Å². The fourth-order valence-electron chi connectivity index (χ4n) is 2.40. The first-order valence-corrected chi connectivity index (χ1v) is 7.81. The van der Waals surface area contributed by atoms with E-state index in [9.17, 15) is 23.1 Å². The van der Waals surface area contributed by atoms with E-state index in [1.165, 1.54) is 18.2 Å². The molecule has 0 amide bonds. The number of carboxylic acids is 1. The lowest BCUT2D eigenvalue weighted by atomic mass is 10.0. The number of anilines is 2. The van der Waals surface area contributed by atoms with Gasteiger partial charge in [-0.15, -0.1) is 0 Å². The molecule has 0 atom stereocenters. The van der Waals surface area contributed by atoms with Crippen LogP contribution in [-0.4, -0.2) is 36.0 Å². The monoisotopic (exact) mass is 369 g/mol. The normalized spacial score (nSPS) is 11.4. The van der Waals surface area contributed by atoms with Crippen molar-refractivity contribution < 1.29 is 32.9 Å². The van der Waals surface area contributed by atoms with Crippen LogP contribution in [0.5, 0.6) is 0 Å². The maximum Gasteiger partial charge on any atom is 0.416 e. The number of alkyl halides is 3. The summed E-state index contributed by atoms with van der Waals surface area (Å²) in [6.07, 6.45) is -4.16. The molecule has 2 rings (SSSR count). The zero-order chi connectivity index (χ0) is 19.2. The van der Waals surface area contributed by atoms with Crippen molar-refractivity contribution >= 4 is 17.3 Å². The van der Waals surface area contributed by atoms with Gasteiger partial charge in [0, 0.05) is 5.69 Å². The molecule has 0 aliphatic carbocycles. The van der Waals surface area contributed by atoms with Crippen LogP contribution in [0.1, 0.15) is 21.5 Å². The summed E-state index contributed by atoms with van der Waals surface area (Å²) in [6.45, 7) is 0.250. The number of carbonyl (C=O) groups is 1. The number of carboxylic acid groups (broad SMARTS) is 1. The molecule has 8 heteroatoms. The first-order chi connectivity index (χ1) is 12.3. The molecule has 0 unspecified atom stereocenters. The number of ether oxygens (including phenoxy) is 1. The topological polar surface area (TPSA) is 78.8 Å². The van der Waals surface area contributed by atoms with Crippen molar-refractivity contribution in [2.24, 2.45) is 0 Å². The van der Waals surface area contributed by atoms with Crippen LogP contribution in [0.15, 0.2) is 42.5 Å². The molecule has 3 N–H and O–H groups in total. The zero-order valence-corrected chi connectivity index (χ0v) is 13.7. The average Bonchev–Trinajstić information content (AvgIpc) is 2.59. The minimum Gasteiger partial charge on any atom is -0.478 e. The zero-order valence-electron chi connectivity index (χ0n) is 13.7. The average molecular weight is 369 g/mol. The summed E-state index contributed by atoms with van der Waals surface area (Å²) in [5, 5.41) is 20.9. The Morgan fingerprint density at radius 2 is 1.85 bits per heavy atom. The number of rotatable bonds is 8. The van der Waals surface area contributed by atoms with E-state index in [1.807, 2.05) is 0 Å². The molecular weight excluding hydrogens is 351 g/mol. The van der Waals surface area contributed by atoms with Crippen molar-refractivity contribution in [3.63, 3.8) is 0 Å². The van der Waals surface area contributed by atoms with E-state index >= 15 is 0 Å². The Labute approximate surface area is 148 Å². The lowest BCUT2D eigenvalue weighted by Crippen LogP contribution is -2.10. The van der Waals surface area contributed by atoms with Crippen LogP contribution in [0.3, 0.4) is 0 Å². The number of para-hydroxylation sites is 1. The second-order valence-corrected chi connectivity index (χ2v) is 5.43. The molecule has 0 aliphatic rings. The second kappa shape index (κ2) is 8.68. The Morgan fingerprint density at radius 3 is 2.50 bits per heavy atom. The minimum absolute atomic E-state index is 0.0536. The van der Waals surface area contributed by atoms with Crippen molar-refractivity contribution in [1.82, 2.24) is 0 Å². The van der Waals surface area contributed by atoms with E-state index in [1.54, 1.807) is 12.1 Å². The highest BCUT2D eigenvalue weighted by Gasteiger charge is 2.30. The smallest absolute Gasteiger partial charge is 0.416 e. The number of hydrogen-bond acceptors (Lipinski definition) is 4. The van der Waals surface area contributed by atoms with Gasteiger partial charge in [-0.25, -0.2) is 4.79 Å². The van der Waals surface area contributed by atoms with Gasteiger partial charge in [0.05, 0.1) is 36.6 Å². The molecule has 0 radical (unpaired) electrons. The van der Waals surface area contributed by atoms with Crippen LogP contribution < -0.4 is 5.32 Å². The lowest BCUT2D eigenvalue weighted by molar-refractivity contribution is -0.137. The van der Waals surface area contributed by atoms with Crippen LogP contribution in [0.25, 0.3) is 0 Å².